The number of aldehydes is 1. The van der Waals surface area contributed by atoms with Crippen LogP contribution in [0.1, 0.15) is 52.4 Å². The van der Waals surface area contributed by atoms with Gasteiger partial charge in [0, 0.05) is 0 Å². The Morgan fingerprint density at radius 2 is 1.30 bits per heavy atom. The average molecular weight is 294 g/mol. The Morgan fingerprint density at radius 3 is 1.60 bits per heavy atom. The molecule has 0 aromatic rings. The Hall–Kier alpha value is -0.530. The normalized spacial score (nSPS) is 16.6. The van der Waals surface area contributed by atoms with Gasteiger partial charge in [-0.25, -0.2) is 0 Å². The van der Waals surface area contributed by atoms with E-state index in [1.165, 1.54) is 38.5 Å². The zero-order valence-electron chi connectivity index (χ0n) is 12.5. The van der Waals surface area contributed by atoms with Crippen LogP contribution in [0.25, 0.3) is 0 Å². The lowest BCUT2D eigenvalue weighted by atomic mass is 10.0. The number of aliphatic hydroxyl groups excluding tert-OH is 5. The highest BCUT2D eigenvalue weighted by atomic mass is 16.4. The van der Waals surface area contributed by atoms with Crippen LogP contribution in [0.5, 0.6) is 0 Å². The van der Waals surface area contributed by atoms with Crippen molar-refractivity contribution in [3.8, 4) is 0 Å². The molecular weight excluding hydrogens is 264 g/mol. The van der Waals surface area contributed by atoms with Crippen LogP contribution in [-0.2, 0) is 4.79 Å². The molecule has 0 radical (unpaired) electrons. The second kappa shape index (κ2) is 14.9. The Labute approximate surface area is 121 Å². The van der Waals surface area contributed by atoms with E-state index < -0.39 is 31.0 Å². The van der Waals surface area contributed by atoms with Gasteiger partial charge in [-0.05, 0) is 0 Å². The van der Waals surface area contributed by atoms with Crippen LogP contribution in [0.3, 0.4) is 0 Å². The van der Waals surface area contributed by atoms with E-state index in [9.17, 15) is 4.79 Å². The molecule has 4 atom stereocenters. The van der Waals surface area contributed by atoms with Crippen molar-refractivity contribution in [3.63, 3.8) is 0 Å². The first-order valence-electron chi connectivity index (χ1n) is 7.24. The summed E-state index contributed by atoms with van der Waals surface area (Å²) in [5.74, 6) is 0. The topological polar surface area (TPSA) is 118 Å². The standard InChI is InChI=1S/C8H18.C6H12O6/c1-3-5-7-8-6-4-2;7-1-3(9)5(11)6(12)4(10)2-8/h3-8H2,1-2H3;1,3-6,8-12H,2H2/t;3-,4+,5+,6+/m.0/s1. The van der Waals surface area contributed by atoms with Gasteiger partial charge in [0.05, 0.1) is 6.61 Å². The van der Waals surface area contributed by atoms with Gasteiger partial charge >= 0.3 is 0 Å². The highest BCUT2D eigenvalue weighted by molar-refractivity contribution is 5.56. The van der Waals surface area contributed by atoms with E-state index in [0.29, 0.717) is 0 Å². The molecule has 0 saturated carbocycles. The van der Waals surface area contributed by atoms with Crippen LogP contribution in [0.15, 0.2) is 0 Å². The molecule has 0 amide bonds. The summed E-state index contributed by atoms with van der Waals surface area (Å²) in [5.41, 5.74) is 0. The van der Waals surface area contributed by atoms with Crippen molar-refractivity contribution in [2.75, 3.05) is 6.61 Å². The summed E-state index contributed by atoms with van der Waals surface area (Å²) in [6.45, 7) is 3.75. The van der Waals surface area contributed by atoms with Gasteiger partial charge in [0.2, 0.25) is 0 Å². The fourth-order valence-electron chi connectivity index (χ4n) is 1.47. The molecule has 5 N–H and O–H groups in total. The van der Waals surface area contributed by atoms with Crippen LogP contribution < -0.4 is 0 Å². The molecule has 0 heterocycles. The third kappa shape index (κ3) is 11.3. The lowest BCUT2D eigenvalue weighted by Crippen LogP contribution is -2.46. The lowest BCUT2D eigenvalue weighted by molar-refractivity contribution is -0.136. The van der Waals surface area contributed by atoms with Crippen molar-refractivity contribution in [2.45, 2.75) is 76.8 Å². The monoisotopic (exact) mass is 294 g/mol. The second-order valence-corrected chi connectivity index (χ2v) is 4.77. The minimum Gasteiger partial charge on any atom is -0.394 e. The van der Waals surface area contributed by atoms with Crippen molar-refractivity contribution in [1.29, 1.82) is 0 Å². The molecule has 0 aliphatic rings. The molecule has 0 aliphatic heterocycles. The van der Waals surface area contributed by atoms with Gasteiger partial charge in [0.25, 0.3) is 0 Å². The number of carbonyl (C=O) groups excluding carboxylic acids is 1. The third-order valence-electron chi connectivity index (χ3n) is 2.88. The van der Waals surface area contributed by atoms with E-state index in [1.807, 2.05) is 0 Å². The largest absolute Gasteiger partial charge is 0.394 e. The van der Waals surface area contributed by atoms with Crippen molar-refractivity contribution in [1.82, 2.24) is 0 Å². The Balaban J connectivity index is 0. The molecule has 0 bridgehead atoms. The molecule has 0 aromatic heterocycles. The van der Waals surface area contributed by atoms with Crippen LogP contribution in [0, 0.1) is 0 Å². The summed E-state index contributed by atoms with van der Waals surface area (Å²) >= 11 is 0. The predicted octanol–water partition coefficient (Wildman–Crippen LogP) is -0.0120. The zero-order valence-corrected chi connectivity index (χ0v) is 12.5. The third-order valence-corrected chi connectivity index (χ3v) is 2.88. The van der Waals surface area contributed by atoms with Crippen LogP contribution in [0.2, 0.25) is 0 Å². The maximum absolute atomic E-state index is 9.90. The molecule has 0 saturated heterocycles. The maximum atomic E-state index is 9.90. The molecule has 122 valence electrons. The molecule has 0 aliphatic carbocycles. The summed E-state index contributed by atoms with van der Waals surface area (Å²) < 4.78 is 0. The number of rotatable bonds is 10. The molecule has 0 rings (SSSR count). The number of carbonyl (C=O) groups is 1. The van der Waals surface area contributed by atoms with E-state index in [4.69, 9.17) is 25.5 Å². The lowest BCUT2D eigenvalue weighted by Gasteiger charge is -2.22. The van der Waals surface area contributed by atoms with E-state index >= 15 is 0 Å². The van der Waals surface area contributed by atoms with Crippen LogP contribution in [-0.4, -0.2) is 62.8 Å². The van der Waals surface area contributed by atoms with Crippen LogP contribution in [0.4, 0.5) is 0 Å². The van der Waals surface area contributed by atoms with Gasteiger partial charge in [0.1, 0.15) is 24.4 Å². The molecule has 0 fully saturated rings. The second-order valence-electron chi connectivity index (χ2n) is 4.77. The van der Waals surface area contributed by atoms with Gasteiger partial charge in [-0.2, -0.15) is 0 Å². The highest BCUT2D eigenvalue weighted by Gasteiger charge is 2.29. The van der Waals surface area contributed by atoms with Gasteiger partial charge in [-0.15, -0.1) is 0 Å². The smallest absolute Gasteiger partial charge is 0.151 e. The summed E-state index contributed by atoms with van der Waals surface area (Å²) in [4.78, 5) is 9.90. The minimum atomic E-state index is -1.79. The van der Waals surface area contributed by atoms with Crippen molar-refractivity contribution in [2.24, 2.45) is 0 Å². The number of unbranched alkanes of at least 4 members (excludes halogenated alkanes) is 5. The first-order chi connectivity index (χ1) is 9.45. The van der Waals surface area contributed by atoms with Gasteiger partial charge in [0.15, 0.2) is 6.29 Å². The SMILES string of the molecule is CCCCCCCC.O=C[C@H](O)[C@@H](O)[C@H](O)[C@H](O)CO. The molecule has 20 heavy (non-hydrogen) atoms. The quantitative estimate of drug-likeness (QED) is 0.286. The maximum Gasteiger partial charge on any atom is 0.151 e. The highest BCUT2D eigenvalue weighted by Crippen LogP contribution is 2.03. The zero-order chi connectivity index (χ0) is 16.0. The fraction of sp³-hybridized carbons (Fsp3) is 0.929. The first-order valence-corrected chi connectivity index (χ1v) is 7.24. The van der Waals surface area contributed by atoms with E-state index in [0.717, 1.165) is 0 Å². The van der Waals surface area contributed by atoms with Gasteiger partial charge in [-0.1, -0.05) is 52.4 Å². The first kappa shape index (κ1) is 21.8. The van der Waals surface area contributed by atoms with E-state index in [2.05, 4.69) is 13.8 Å². The molecule has 6 nitrogen and oxygen atoms in total. The molecular formula is C14H30O6. The Kier molecular flexibility index (Phi) is 16.2. The van der Waals surface area contributed by atoms with Crippen molar-refractivity contribution >= 4 is 6.29 Å². The van der Waals surface area contributed by atoms with Crippen molar-refractivity contribution < 1.29 is 30.3 Å². The summed E-state index contributed by atoms with van der Waals surface area (Å²) in [6, 6.07) is 0. The fourth-order valence-corrected chi connectivity index (χ4v) is 1.47. The summed E-state index contributed by atoms with van der Waals surface area (Å²) in [5, 5.41) is 43.5. The minimum absolute atomic E-state index is 0.0258. The number of hydrogen-bond donors (Lipinski definition) is 5. The summed E-state index contributed by atoms with van der Waals surface area (Å²) in [7, 11) is 0. The molecule has 0 aromatic carbocycles. The van der Waals surface area contributed by atoms with Gasteiger partial charge < -0.3 is 30.3 Å². The number of hydrogen-bond acceptors (Lipinski definition) is 6. The van der Waals surface area contributed by atoms with E-state index in [1.54, 1.807) is 0 Å². The molecule has 0 unspecified atom stereocenters. The van der Waals surface area contributed by atoms with Crippen LogP contribution >= 0.6 is 0 Å². The molecule has 6 heteroatoms. The Morgan fingerprint density at radius 1 is 0.850 bits per heavy atom. The summed E-state index contributed by atoms with van der Waals surface area (Å²) in [6.07, 6.45) is 1.65. The molecule has 0 spiro atoms. The van der Waals surface area contributed by atoms with Gasteiger partial charge in [-0.3, -0.25) is 0 Å². The average Bonchev–Trinajstić information content (AvgIpc) is 2.49. The van der Waals surface area contributed by atoms with Crippen molar-refractivity contribution in [3.05, 3.63) is 0 Å². The number of aliphatic hydroxyl groups is 5. The van der Waals surface area contributed by atoms with E-state index in [-0.39, 0.29) is 6.29 Å². The predicted molar refractivity (Wildman–Crippen MR) is 76.2 cm³/mol. The Bertz CT molecular complexity index is 206.